The Balaban J connectivity index is 2.06. The van der Waals surface area contributed by atoms with Gasteiger partial charge in [0.2, 0.25) is 5.91 Å². The first-order chi connectivity index (χ1) is 12.4. The molecule has 150 valence electrons. The predicted molar refractivity (Wildman–Crippen MR) is 95.1 cm³/mol. The summed E-state index contributed by atoms with van der Waals surface area (Å²) in [5, 5.41) is 2.58. The van der Waals surface area contributed by atoms with Crippen LogP contribution in [0.1, 0.15) is 46.3 Å². The van der Waals surface area contributed by atoms with E-state index in [-0.39, 0.29) is 19.1 Å². The Kier molecular flexibility index (Phi) is 6.09. The van der Waals surface area contributed by atoms with E-state index in [0.29, 0.717) is 12.1 Å². The number of hydrogen-bond acceptors (Lipinski definition) is 4. The number of amides is 2. The van der Waals surface area contributed by atoms with Crippen molar-refractivity contribution in [2.45, 2.75) is 51.9 Å². The van der Waals surface area contributed by atoms with Crippen LogP contribution in [0.4, 0.5) is 13.6 Å². The summed E-state index contributed by atoms with van der Waals surface area (Å²) in [5.74, 6) is -2.22. The van der Waals surface area contributed by atoms with E-state index in [9.17, 15) is 18.4 Å². The van der Waals surface area contributed by atoms with Crippen LogP contribution in [0.3, 0.4) is 0 Å². The monoisotopic (exact) mass is 384 g/mol. The van der Waals surface area contributed by atoms with E-state index in [2.05, 4.69) is 5.32 Å². The number of benzene rings is 1. The molecule has 1 aromatic carbocycles. The zero-order chi connectivity index (χ0) is 20.4. The number of carbonyl (C=O) groups is 2. The van der Waals surface area contributed by atoms with Gasteiger partial charge in [-0.3, -0.25) is 4.79 Å². The number of carbonyl (C=O) groups excluding carboxylic acids is 2. The van der Waals surface area contributed by atoms with Gasteiger partial charge in [0, 0.05) is 6.54 Å². The second-order valence-corrected chi connectivity index (χ2v) is 8.04. The van der Waals surface area contributed by atoms with Gasteiger partial charge in [0.25, 0.3) is 0 Å². The van der Waals surface area contributed by atoms with E-state index in [4.69, 9.17) is 9.47 Å². The van der Waals surface area contributed by atoms with Gasteiger partial charge in [-0.1, -0.05) is 6.07 Å². The zero-order valence-corrected chi connectivity index (χ0v) is 16.3. The molecule has 0 radical (unpaired) electrons. The van der Waals surface area contributed by atoms with Crippen LogP contribution in [-0.2, 0) is 14.3 Å². The van der Waals surface area contributed by atoms with Crippen molar-refractivity contribution < 1.29 is 27.8 Å². The Bertz CT molecular complexity index is 716. The second-order valence-electron chi connectivity index (χ2n) is 8.04. The normalized spacial score (nSPS) is 18.2. The molecule has 1 aliphatic rings. The van der Waals surface area contributed by atoms with Crippen LogP contribution in [0.25, 0.3) is 0 Å². The largest absolute Gasteiger partial charge is 0.444 e. The van der Waals surface area contributed by atoms with Crippen molar-refractivity contribution >= 4 is 12.0 Å². The number of rotatable bonds is 3. The van der Waals surface area contributed by atoms with Crippen LogP contribution in [0.2, 0.25) is 0 Å². The van der Waals surface area contributed by atoms with Crippen LogP contribution >= 0.6 is 0 Å². The maximum atomic E-state index is 13.5. The molecule has 0 spiro atoms. The molecule has 0 bridgehead atoms. The number of nitrogens with zero attached hydrogens (tertiary/aromatic N) is 1. The predicted octanol–water partition coefficient (Wildman–Crippen LogP) is 3.17. The van der Waals surface area contributed by atoms with Crippen LogP contribution in [0, 0.1) is 11.6 Å². The molecule has 8 heteroatoms. The van der Waals surface area contributed by atoms with Gasteiger partial charge in [0.15, 0.2) is 11.6 Å². The lowest BCUT2D eigenvalue weighted by Gasteiger charge is -2.38. The summed E-state index contributed by atoms with van der Waals surface area (Å²) in [6, 6.07) is 3.53. The highest BCUT2D eigenvalue weighted by molar-refractivity contribution is 5.89. The topological polar surface area (TPSA) is 67.9 Å². The summed E-state index contributed by atoms with van der Waals surface area (Å²) in [6.45, 7) is 9.11. The fraction of sp³-hybridized carbons (Fsp3) is 0.579. The minimum absolute atomic E-state index is 0.170. The molecule has 6 nitrogen and oxygen atoms in total. The van der Waals surface area contributed by atoms with Crippen LogP contribution in [0.5, 0.6) is 0 Å². The van der Waals surface area contributed by atoms with Crippen molar-refractivity contribution in [1.29, 1.82) is 0 Å². The van der Waals surface area contributed by atoms with Crippen molar-refractivity contribution in [3.05, 3.63) is 35.4 Å². The number of morpholine rings is 1. The zero-order valence-electron chi connectivity index (χ0n) is 16.3. The van der Waals surface area contributed by atoms with E-state index in [1.165, 1.54) is 11.0 Å². The van der Waals surface area contributed by atoms with E-state index in [1.54, 1.807) is 34.6 Å². The number of ether oxygens (including phenoxy) is 2. The van der Waals surface area contributed by atoms with Gasteiger partial charge in [-0.2, -0.15) is 0 Å². The van der Waals surface area contributed by atoms with E-state index >= 15 is 0 Å². The number of alkyl carbamates (subject to hydrolysis) is 1. The Morgan fingerprint density at radius 3 is 2.44 bits per heavy atom. The van der Waals surface area contributed by atoms with Gasteiger partial charge >= 0.3 is 6.09 Å². The molecule has 1 aromatic rings. The fourth-order valence-electron chi connectivity index (χ4n) is 2.76. The minimum Gasteiger partial charge on any atom is -0.444 e. The quantitative estimate of drug-likeness (QED) is 0.869. The van der Waals surface area contributed by atoms with Gasteiger partial charge in [-0.15, -0.1) is 0 Å². The van der Waals surface area contributed by atoms with Crippen molar-refractivity contribution in [3.8, 4) is 0 Å². The van der Waals surface area contributed by atoms with Crippen molar-refractivity contribution in [2.75, 3.05) is 19.7 Å². The lowest BCUT2D eigenvalue weighted by atomic mass is 10.0. The third-order valence-electron chi connectivity index (χ3n) is 4.02. The first-order valence-corrected chi connectivity index (χ1v) is 8.76. The molecule has 1 fully saturated rings. The third kappa shape index (κ3) is 5.63. The molecular formula is C19H26F2N2O4. The van der Waals surface area contributed by atoms with Crippen LogP contribution in [-0.4, -0.2) is 47.7 Å². The van der Waals surface area contributed by atoms with E-state index in [0.717, 1.165) is 12.1 Å². The maximum Gasteiger partial charge on any atom is 0.408 e. The molecule has 1 N–H and O–H groups in total. The average Bonchev–Trinajstić information content (AvgIpc) is 2.54. The lowest BCUT2D eigenvalue weighted by Crippen LogP contribution is -2.58. The SMILES string of the molecule is CC(C)(C)OC(=O)NC(C)(C)C(=O)N1CCO[C@H](c2ccc(F)c(F)c2)C1. The molecule has 1 saturated heterocycles. The van der Waals surface area contributed by atoms with E-state index in [1.807, 2.05) is 0 Å². The number of halogens is 2. The van der Waals surface area contributed by atoms with Crippen molar-refractivity contribution in [1.82, 2.24) is 10.2 Å². The minimum atomic E-state index is -1.20. The molecule has 1 heterocycles. The standard InChI is InChI=1S/C19H26F2N2O4/c1-18(2,3)27-17(25)22-19(4,5)16(24)23-8-9-26-15(11-23)12-6-7-13(20)14(21)10-12/h6-7,10,15H,8-9,11H2,1-5H3,(H,22,25)/t15-/m0/s1. The smallest absolute Gasteiger partial charge is 0.408 e. The maximum absolute atomic E-state index is 13.5. The molecule has 0 aliphatic carbocycles. The summed E-state index contributed by atoms with van der Waals surface area (Å²) in [5.41, 5.74) is -1.43. The summed E-state index contributed by atoms with van der Waals surface area (Å²) in [4.78, 5) is 26.4. The van der Waals surface area contributed by atoms with Crippen LogP contribution in [0.15, 0.2) is 18.2 Å². The molecule has 27 heavy (non-hydrogen) atoms. The van der Waals surface area contributed by atoms with Gasteiger partial charge in [-0.05, 0) is 52.3 Å². The second kappa shape index (κ2) is 7.80. The van der Waals surface area contributed by atoms with Gasteiger partial charge < -0.3 is 19.7 Å². The molecule has 0 unspecified atom stereocenters. The van der Waals surface area contributed by atoms with Gasteiger partial charge in [0.05, 0.1) is 13.2 Å². The molecule has 2 amide bonds. The number of nitrogens with one attached hydrogen (secondary N) is 1. The number of hydrogen-bond donors (Lipinski definition) is 1. The molecule has 1 aliphatic heterocycles. The molecule has 2 rings (SSSR count). The first kappa shape index (κ1) is 21.1. The Hall–Kier alpha value is -2.22. The van der Waals surface area contributed by atoms with Crippen molar-refractivity contribution in [2.24, 2.45) is 0 Å². The molecule has 0 aromatic heterocycles. The highest BCUT2D eigenvalue weighted by atomic mass is 19.2. The highest BCUT2D eigenvalue weighted by Gasteiger charge is 2.37. The summed E-state index contributed by atoms with van der Waals surface area (Å²) in [7, 11) is 0. The highest BCUT2D eigenvalue weighted by Crippen LogP contribution is 2.25. The van der Waals surface area contributed by atoms with E-state index < -0.39 is 35.0 Å². The van der Waals surface area contributed by atoms with Crippen LogP contribution < -0.4 is 5.32 Å². The van der Waals surface area contributed by atoms with Crippen molar-refractivity contribution in [3.63, 3.8) is 0 Å². The summed E-state index contributed by atoms with van der Waals surface area (Å²) in [6.07, 6.45) is -1.26. The molecular weight excluding hydrogens is 358 g/mol. The van der Waals surface area contributed by atoms with Gasteiger partial charge in [-0.25, -0.2) is 13.6 Å². The lowest BCUT2D eigenvalue weighted by molar-refractivity contribution is -0.144. The van der Waals surface area contributed by atoms with Gasteiger partial charge in [0.1, 0.15) is 17.2 Å². The Morgan fingerprint density at radius 2 is 1.85 bits per heavy atom. The molecule has 0 saturated carbocycles. The molecule has 1 atom stereocenters. The summed E-state index contributed by atoms with van der Waals surface area (Å²) >= 11 is 0. The fourth-order valence-corrected chi connectivity index (χ4v) is 2.76. The summed E-state index contributed by atoms with van der Waals surface area (Å²) < 4.78 is 37.4. The first-order valence-electron chi connectivity index (χ1n) is 8.76. The Morgan fingerprint density at radius 1 is 1.19 bits per heavy atom. The third-order valence-corrected chi connectivity index (χ3v) is 4.02. The Labute approximate surface area is 157 Å². The average molecular weight is 384 g/mol.